The van der Waals surface area contributed by atoms with Crippen molar-refractivity contribution in [3.05, 3.63) is 40.5 Å². The Bertz CT molecular complexity index is 978. The maximum absolute atomic E-state index is 13.9. The number of rotatable bonds is 8. The van der Waals surface area contributed by atoms with E-state index in [0.717, 1.165) is 30.0 Å². The Morgan fingerprint density at radius 3 is 2.62 bits per heavy atom. The molecule has 1 aromatic heterocycles. The number of benzene rings is 1. The van der Waals surface area contributed by atoms with Crippen LogP contribution < -0.4 is 11.5 Å². The molecule has 1 saturated carbocycles. The van der Waals surface area contributed by atoms with Gasteiger partial charge in [0, 0.05) is 30.1 Å². The van der Waals surface area contributed by atoms with E-state index in [9.17, 15) is 18.3 Å². The number of nitrogens with two attached hydrogens (primary N) is 2. The number of aliphatic hydroxyl groups excluding tert-OH is 1. The fraction of sp³-hybridized carbons (Fsp3) is 0.500. The van der Waals surface area contributed by atoms with Crippen molar-refractivity contribution in [2.75, 3.05) is 13.2 Å². The van der Waals surface area contributed by atoms with Crippen molar-refractivity contribution in [3.8, 4) is 10.6 Å². The van der Waals surface area contributed by atoms with E-state index >= 15 is 0 Å². The fourth-order valence-electron chi connectivity index (χ4n) is 3.72. The Balaban J connectivity index is 1.86. The average Bonchev–Trinajstić information content (AvgIpc) is 3.45. The minimum atomic E-state index is -4.60. The van der Waals surface area contributed by atoms with Crippen LogP contribution in [0.5, 0.6) is 0 Å². The molecule has 1 atom stereocenters. The number of allylic oxidation sites excluding steroid dienone is 1. The van der Waals surface area contributed by atoms with Crippen molar-refractivity contribution in [2.24, 2.45) is 22.4 Å². The highest BCUT2D eigenvalue weighted by atomic mass is 32.1. The third kappa shape index (κ3) is 5.73. The van der Waals surface area contributed by atoms with Crippen LogP contribution >= 0.6 is 11.3 Å². The van der Waals surface area contributed by atoms with E-state index < -0.39 is 17.3 Å². The summed E-state index contributed by atoms with van der Waals surface area (Å²) >= 11 is 1.05. The summed E-state index contributed by atoms with van der Waals surface area (Å²) in [7, 11) is 0. The molecule has 0 spiro atoms. The van der Waals surface area contributed by atoms with E-state index in [2.05, 4.69) is 15.2 Å². The lowest BCUT2D eigenvalue weighted by Crippen LogP contribution is -2.36. The zero-order valence-electron chi connectivity index (χ0n) is 17.9. The summed E-state index contributed by atoms with van der Waals surface area (Å²) in [5.41, 5.74) is 10.1. The van der Waals surface area contributed by atoms with Gasteiger partial charge in [0.05, 0.1) is 17.7 Å². The molecule has 1 fully saturated rings. The maximum atomic E-state index is 13.9. The molecular weight excluding hydrogens is 439 g/mol. The van der Waals surface area contributed by atoms with E-state index in [-0.39, 0.29) is 28.3 Å². The summed E-state index contributed by atoms with van der Waals surface area (Å²) in [5, 5.41) is 17.9. The van der Waals surface area contributed by atoms with Crippen LogP contribution in [0.25, 0.3) is 16.1 Å². The molecule has 2 aromatic rings. The fourth-order valence-corrected chi connectivity index (χ4v) is 4.61. The second kappa shape index (κ2) is 10.1. The highest BCUT2D eigenvalue weighted by molar-refractivity contribution is 7.14. The van der Waals surface area contributed by atoms with E-state index in [0.29, 0.717) is 17.5 Å². The van der Waals surface area contributed by atoms with Gasteiger partial charge in [-0.15, -0.1) is 10.2 Å². The molecule has 32 heavy (non-hydrogen) atoms. The largest absolute Gasteiger partial charge is 0.417 e. The first-order valence-electron chi connectivity index (χ1n) is 10.5. The third-order valence-corrected chi connectivity index (χ3v) is 6.93. The lowest BCUT2D eigenvalue weighted by molar-refractivity contribution is -0.137. The van der Waals surface area contributed by atoms with Crippen molar-refractivity contribution < 1.29 is 18.3 Å². The van der Waals surface area contributed by atoms with Gasteiger partial charge in [-0.05, 0) is 30.9 Å². The molecule has 0 radical (unpaired) electrons. The number of nitrogens with zero attached hydrogens (tertiary/aromatic N) is 3. The normalized spacial score (nSPS) is 17.9. The molecule has 3 rings (SSSR count). The molecule has 1 aliphatic rings. The van der Waals surface area contributed by atoms with Crippen LogP contribution in [0.2, 0.25) is 0 Å². The molecule has 5 N–H and O–H groups in total. The van der Waals surface area contributed by atoms with E-state index in [1.54, 1.807) is 6.92 Å². The van der Waals surface area contributed by atoms with Crippen LogP contribution in [-0.4, -0.2) is 34.7 Å². The Morgan fingerprint density at radius 1 is 1.28 bits per heavy atom. The van der Waals surface area contributed by atoms with Gasteiger partial charge in [-0.1, -0.05) is 49.2 Å². The summed E-state index contributed by atoms with van der Waals surface area (Å²) in [6.07, 6.45) is 3.78. The quantitative estimate of drug-likeness (QED) is 0.500. The van der Waals surface area contributed by atoms with Gasteiger partial charge in [-0.25, -0.2) is 0 Å². The number of aliphatic hydroxyl groups is 1. The Labute approximate surface area is 189 Å². The molecule has 1 aliphatic carbocycles. The molecule has 0 amide bonds. The minimum Gasteiger partial charge on any atom is -0.404 e. The second-order valence-electron chi connectivity index (χ2n) is 8.34. The third-order valence-electron chi connectivity index (χ3n) is 5.68. The molecule has 0 aliphatic heterocycles. The number of hydrogen-bond acceptors (Lipinski definition) is 7. The topological polar surface area (TPSA) is 110 Å². The molecule has 0 saturated heterocycles. The number of hydrogen-bond donors (Lipinski definition) is 3. The van der Waals surface area contributed by atoms with Crippen molar-refractivity contribution in [1.29, 1.82) is 0 Å². The van der Waals surface area contributed by atoms with Crippen molar-refractivity contribution in [2.45, 2.75) is 50.7 Å². The predicted octanol–water partition coefficient (Wildman–Crippen LogP) is 4.34. The first-order chi connectivity index (χ1) is 15.2. The lowest BCUT2D eigenvalue weighted by atomic mass is 9.98. The minimum absolute atomic E-state index is 0.0443. The van der Waals surface area contributed by atoms with Gasteiger partial charge < -0.3 is 16.6 Å². The van der Waals surface area contributed by atoms with Crippen LogP contribution in [-0.2, 0) is 11.7 Å². The monoisotopic (exact) mass is 467 g/mol. The number of halogens is 3. The number of aliphatic imine (C=N–C) groups is 1. The predicted molar refractivity (Wildman–Crippen MR) is 121 cm³/mol. The summed E-state index contributed by atoms with van der Waals surface area (Å²) in [4.78, 5) is 4.33. The van der Waals surface area contributed by atoms with Crippen LogP contribution in [0.3, 0.4) is 0 Å². The summed E-state index contributed by atoms with van der Waals surface area (Å²) < 4.78 is 41.7. The van der Waals surface area contributed by atoms with Gasteiger partial charge in [0.15, 0.2) is 0 Å². The summed E-state index contributed by atoms with van der Waals surface area (Å²) in [6.45, 7) is 1.78. The molecule has 1 aromatic carbocycles. The van der Waals surface area contributed by atoms with Crippen LogP contribution in [0.15, 0.2) is 29.4 Å². The molecule has 6 nitrogen and oxygen atoms in total. The van der Waals surface area contributed by atoms with Gasteiger partial charge in [0.2, 0.25) is 0 Å². The van der Waals surface area contributed by atoms with Gasteiger partial charge in [0.1, 0.15) is 10.0 Å². The Morgan fingerprint density at radius 2 is 2.00 bits per heavy atom. The van der Waals surface area contributed by atoms with Crippen LogP contribution in [0.1, 0.15) is 55.2 Å². The van der Waals surface area contributed by atoms with E-state index in [4.69, 9.17) is 11.5 Å². The average molecular weight is 468 g/mol. The standard InChI is InChI=1S/C22H28F3N5OS/c1-21(27,13-31)20-30-29-19(32-20)15-6-7-17(18(10-15)22(23,24)25)16(11-26)12-28-9-8-14-4-2-3-5-14/h6-7,10-12,14,31H,2-5,8-9,13,26-27H2,1H3/t21-/m0/s1. The van der Waals surface area contributed by atoms with E-state index in [1.807, 2.05) is 0 Å². The van der Waals surface area contributed by atoms with Crippen molar-refractivity contribution in [1.82, 2.24) is 10.2 Å². The summed E-state index contributed by atoms with van der Waals surface area (Å²) in [6, 6.07) is 3.94. The van der Waals surface area contributed by atoms with Gasteiger partial charge >= 0.3 is 6.18 Å². The van der Waals surface area contributed by atoms with Crippen LogP contribution in [0, 0.1) is 5.92 Å². The molecule has 0 unspecified atom stereocenters. The molecule has 1 heterocycles. The number of alkyl halides is 3. The first-order valence-corrected chi connectivity index (χ1v) is 11.3. The second-order valence-corrected chi connectivity index (χ2v) is 9.32. The number of aromatic nitrogens is 2. The molecule has 10 heteroatoms. The van der Waals surface area contributed by atoms with Crippen molar-refractivity contribution >= 4 is 23.1 Å². The zero-order chi connectivity index (χ0) is 23.4. The molecule has 0 bridgehead atoms. The van der Waals surface area contributed by atoms with Gasteiger partial charge in [0.25, 0.3) is 0 Å². The van der Waals surface area contributed by atoms with Crippen molar-refractivity contribution in [3.63, 3.8) is 0 Å². The van der Waals surface area contributed by atoms with Gasteiger partial charge in [-0.3, -0.25) is 4.99 Å². The van der Waals surface area contributed by atoms with Gasteiger partial charge in [-0.2, -0.15) is 13.2 Å². The lowest BCUT2D eigenvalue weighted by Gasteiger charge is -2.17. The smallest absolute Gasteiger partial charge is 0.404 e. The maximum Gasteiger partial charge on any atom is 0.417 e. The molecular formula is C22H28F3N5OS. The first kappa shape index (κ1) is 24.3. The van der Waals surface area contributed by atoms with E-state index in [1.165, 1.54) is 44.0 Å². The highest BCUT2D eigenvalue weighted by Crippen LogP contribution is 2.38. The SMILES string of the molecule is C[C@](N)(CO)c1nnc(-c2ccc(C(C=NCCC3CCCC3)=CN)c(C(F)(F)F)c2)s1. The Kier molecular flexibility index (Phi) is 7.68. The zero-order valence-corrected chi connectivity index (χ0v) is 18.7. The highest BCUT2D eigenvalue weighted by Gasteiger charge is 2.35. The molecule has 174 valence electrons. The van der Waals surface area contributed by atoms with Crippen LogP contribution in [0.4, 0.5) is 13.2 Å². The summed E-state index contributed by atoms with van der Waals surface area (Å²) in [5.74, 6) is 0.653. The Hall–Kier alpha value is -2.30.